The smallest absolute Gasteiger partial charge is 0.115 e. The Balaban J connectivity index is 1.92. The number of hydrogen-bond donors (Lipinski definition) is 1. The van der Waals surface area contributed by atoms with Gasteiger partial charge in [0, 0.05) is 0 Å². The Morgan fingerprint density at radius 2 is 1.05 bits per heavy atom. The second kappa shape index (κ2) is 4.64. The van der Waals surface area contributed by atoms with Gasteiger partial charge >= 0.3 is 0 Å². The second-order valence-corrected chi connectivity index (χ2v) is 5.31. The summed E-state index contributed by atoms with van der Waals surface area (Å²) in [5, 5.41) is 14.4. The lowest BCUT2D eigenvalue weighted by Gasteiger charge is -2.06. The Bertz CT molecular complexity index is 937. The van der Waals surface area contributed by atoms with Gasteiger partial charge in [-0.05, 0) is 63.0 Å². The van der Waals surface area contributed by atoms with Gasteiger partial charge in [0.2, 0.25) is 0 Å². The average Bonchev–Trinajstić information content (AvgIpc) is 2.53. The molecule has 4 aromatic carbocycles. The van der Waals surface area contributed by atoms with Gasteiger partial charge in [-0.1, -0.05) is 48.5 Å². The molecule has 4 rings (SSSR count). The highest BCUT2D eigenvalue weighted by atomic mass is 16.3. The highest BCUT2D eigenvalue weighted by Gasteiger charge is 2.02. The summed E-state index contributed by atoms with van der Waals surface area (Å²) in [6.07, 6.45) is 0. The lowest BCUT2D eigenvalue weighted by atomic mass is 9.98. The molecule has 0 radical (unpaired) electrons. The number of benzene rings is 4. The molecule has 0 amide bonds. The minimum atomic E-state index is 0.297. The highest BCUT2D eigenvalue weighted by Crippen LogP contribution is 2.28. The number of aromatic hydroxyl groups is 1. The molecule has 4 aromatic rings. The first kappa shape index (κ1) is 12.0. The zero-order valence-corrected chi connectivity index (χ0v) is 11.5. The monoisotopic (exact) mass is 270 g/mol. The SMILES string of the molecule is Oc1ccc(-c2ccc3cc4ccccc4cc3c2)cc1. The number of phenols is 1. The number of fused-ring (bicyclic) bond motifs is 2. The Morgan fingerprint density at radius 3 is 1.76 bits per heavy atom. The van der Waals surface area contributed by atoms with E-state index in [4.69, 9.17) is 0 Å². The third-order valence-electron chi connectivity index (χ3n) is 3.91. The van der Waals surface area contributed by atoms with Gasteiger partial charge in [-0.3, -0.25) is 0 Å². The van der Waals surface area contributed by atoms with Crippen molar-refractivity contribution in [3.05, 3.63) is 78.9 Å². The summed E-state index contributed by atoms with van der Waals surface area (Å²) in [4.78, 5) is 0. The summed E-state index contributed by atoms with van der Waals surface area (Å²) in [6.45, 7) is 0. The van der Waals surface area contributed by atoms with Gasteiger partial charge in [-0.15, -0.1) is 0 Å². The molecule has 100 valence electrons. The van der Waals surface area contributed by atoms with Gasteiger partial charge in [0.1, 0.15) is 5.75 Å². The van der Waals surface area contributed by atoms with Crippen molar-refractivity contribution in [2.24, 2.45) is 0 Å². The molecule has 1 heteroatoms. The highest BCUT2D eigenvalue weighted by molar-refractivity contribution is 5.99. The van der Waals surface area contributed by atoms with E-state index in [-0.39, 0.29) is 0 Å². The Morgan fingerprint density at radius 1 is 0.476 bits per heavy atom. The molecule has 0 aromatic heterocycles. The molecule has 21 heavy (non-hydrogen) atoms. The molecule has 0 saturated carbocycles. The molecule has 0 spiro atoms. The van der Waals surface area contributed by atoms with E-state index in [0.29, 0.717) is 5.75 Å². The summed E-state index contributed by atoms with van der Waals surface area (Å²) < 4.78 is 0. The lowest BCUT2D eigenvalue weighted by Crippen LogP contribution is -1.80. The number of hydrogen-bond acceptors (Lipinski definition) is 1. The van der Waals surface area contributed by atoms with Crippen LogP contribution in [-0.4, -0.2) is 5.11 Å². The van der Waals surface area contributed by atoms with E-state index in [1.807, 2.05) is 12.1 Å². The summed E-state index contributed by atoms with van der Waals surface area (Å²) in [5.41, 5.74) is 2.28. The van der Waals surface area contributed by atoms with Crippen LogP contribution in [0.5, 0.6) is 5.75 Å². The topological polar surface area (TPSA) is 20.2 Å². The third kappa shape index (κ3) is 2.13. The van der Waals surface area contributed by atoms with Crippen LogP contribution in [0.15, 0.2) is 78.9 Å². The molecule has 0 heterocycles. The van der Waals surface area contributed by atoms with Crippen molar-refractivity contribution in [3.63, 3.8) is 0 Å². The molecule has 0 aliphatic heterocycles. The van der Waals surface area contributed by atoms with E-state index in [2.05, 4.69) is 54.6 Å². The Kier molecular flexibility index (Phi) is 2.65. The van der Waals surface area contributed by atoms with Crippen LogP contribution in [0.2, 0.25) is 0 Å². The molecule has 0 atom stereocenters. The summed E-state index contributed by atoms with van der Waals surface area (Å²) in [7, 11) is 0. The number of rotatable bonds is 1. The maximum absolute atomic E-state index is 9.39. The molecular formula is C20H14O. The zero-order valence-electron chi connectivity index (χ0n) is 11.5. The van der Waals surface area contributed by atoms with Crippen molar-refractivity contribution in [2.45, 2.75) is 0 Å². The lowest BCUT2D eigenvalue weighted by molar-refractivity contribution is 0.475. The molecule has 0 bridgehead atoms. The molecular weight excluding hydrogens is 256 g/mol. The van der Waals surface area contributed by atoms with Crippen molar-refractivity contribution >= 4 is 21.5 Å². The van der Waals surface area contributed by atoms with Gasteiger partial charge in [0.25, 0.3) is 0 Å². The van der Waals surface area contributed by atoms with Gasteiger partial charge in [0.15, 0.2) is 0 Å². The predicted molar refractivity (Wildman–Crippen MR) is 88.6 cm³/mol. The van der Waals surface area contributed by atoms with Gasteiger partial charge < -0.3 is 5.11 Å². The summed E-state index contributed by atoms with van der Waals surface area (Å²) in [5.74, 6) is 0.297. The Hall–Kier alpha value is -2.80. The van der Waals surface area contributed by atoms with Crippen LogP contribution in [0.25, 0.3) is 32.7 Å². The van der Waals surface area contributed by atoms with Crippen LogP contribution in [0.1, 0.15) is 0 Å². The summed E-state index contributed by atoms with van der Waals surface area (Å²) >= 11 is 0. The van der Waals surface area contributed by atoms with E-state index >= 15 is 0 Å². The molecule has 0 unspecified atom stereocenters. The zero-order chi connectivity index (χ0) is 14.2. The number of phenolic OH excluding ortho intramolecular Hbond substituents is 1. The third-order valence-corrected chi connectivity index (χ3v) is 3.91. The van der Waals surface area contributed by atoms with Gasteiger partial charge in [0.05, 0.1) is 0 Å². The minimum absolute atomic E-state index is 0.297. The van der Waals surface area contributed by atoms with E-state index in [0.717, 1.165) is 11.1 Å². The van der Waals surface area contributed by atoms with Crippen molar-refractivity contribution in [3.8, 4) is 16.9 Å². The quantitative estimate of drug-likeness (QED) is 0.461. The maximum Gasteiger partial charge on any atom is 0.115 e. The predicted octanol–water partition coefficient (Wildman–Crippen LogP) is 5.37. The van der Waals surface area contributed by atoms with Crippen LogP contribution in [-0.2, 0) is 0 Å². The van der Waals surface area contributed by atoms with Crippen molar-refractivity contribution in [1.82, 2.24) is 0 Å². The first-order chi connectivity index (χ1) is 10.3. The standard InChI is InChI=1S/C20H14O/c21-20-9-7-14(8-10-20)17-5-6-18-11-15-3-1-2-4-16(15)12-19(18)13-17/h1-13,21H. The second-order valence-electron chi connectivity index (χ2n) is 5.31. The maximum atomic E-state index is 9.39. The first-order valence-electron chi connectivity index (χ1n) is 7.02. The van der Waals surface area contributed by atoms with E-state index < -0.39 is 0 Å². The van der Waals surface area contributed by atoms with Crippen LogP contribution in [0, 0.1) is 0 Å². The van der Waals surface area contributed by atoms with E-state index in [1.165, 1.54) is 21.5 Å². The van der Waals surface area contributed by atoms with Crippen molar-refractivity contribution in [1.29, 1.82) is 0 Å². The van der Waals surface area contributed by atoms with Crippen LogP contribution in [0.4, 0.5) is 0 Å². The fourth-order valence-electron chi connectivity index (χ4n) is 2.77. The Labute approximate surface area is 123 Å². The van der Waals surface area contributed by atoms with Crippen LogP contribution >= 0.6 is 0 Å². The van der Waals surface area contributed by atoms with Crippen molar-refractivity contribution in [2.75, 3.05) is 0 Å². The van der Waals surface area contributed by atoms with Gasteiger partial charge in [-0.25, -0.2) is 0 Å². The molecule has 0 saturated heterocycles. The molecule has 0 fully saturated rings. The van der Waals surface area contributed by atoms with Crippen LogP contribution < -0.4 is 0 Å². The van der Waals surface area contributed by atoms with Crippen molar-refractivity contribution < 1.29 is 5.11 Å². The fourth-order valence-corrected chi connectivity index (χ4v) is 2.77. The molecule has 0 aliphatic carbocycles. The molecule has 1 N–H and O–H groups in total. The first-order valence-corrected chi connectivity index (χ1v) is 7.02. The van der Waals surface area contributed by atoms with Gasteiger partial charge in [-0.2, -0.15) is 0 Å². The molecule has 1 nitrogen and oxygen atoms in total. The minimum Gasteiger partial charge on any atom is -0.508 e. The fraction of sp³-hybridized carbons (Fsp3) is 0. The van der Waals surface area contributed by atoms with Crippen LogP contribution in [0.3, 0.4) is 0 Å². The van der Waals surface area contributed by atoms with E-state index in [1.54, 1.807) is 12.1 Å². The largest absolute Gasteiger partial charge is 0.508 e. The summed E-state index contributed by atoms with van der Waals surface area (Å²) in [6, 6.07) is 26.7. The van der Waals surface area contributed by atoms with E-state index in [9.17, 15) is 5.11 Å². The average molecular weight is 270 g/mol. The normalized spacial score (nSPS) is 11.0. The molecule has 0 aliphatic rings.